The minimum atomic E-state index is -0.627. The van der Waals surface area contributed by atoms with E-state index in [2.05, 4.69) is 10.2 Å². The molecule has 2 aliphatic heterocycles. The zero-order valence-electron chi connectivity index (χ0n) is 17.0. The minimum Gasteiger partial charge on any atom is -0.390 e. The van der Waals surface area contributed by atoms with Crippen molar-refractivity contribution in [2.45, 2.75) is 31.0 Å². The first-order valence-electron chi connectivity index (χ1n) is 10.4. The number of hydrogen-bond acceptors (Lipinski definition) is 6. The number of amides is 1. The Morgan fingerprint density at radius 2 is 1.87 bits per heavy atom. The van der Waals surface area contributed by atoms with Crippen molar-refractivity contribution >= 4 is 28.9 Å². The lowest BCUT2D eigenvalue weighted by Gasteiger charge is -2.29. The molecule has 0 radical (unpaired) electrons. The molecule has 0 saturated carbocycles. The van der Waals surface area contributed by atoms with Crippen LogP contribution in [0.15, 0.2) is 48.5 Å². The Balaban J connectivity index is 1.58. The summed E-state index contributed by atoms with van der Waals surface area (Å²) < 4.78 is 0. The van der Waals surface area contributed by atoms with Gasteiger partial charge in [-0.3, -0.25) is 24.7 Å². The summed E-state index contributed by atoms with van der Waals surface area (Å²) in [6, 6.07) is 12.9. The summed E-state index contributed by atoms with van der Waals surface area (Å²) in [6.45, 7) is 2.89. The number of halogens is 1. The first-order chi connectivity index (χ1) is 14.9. The SMILES string of the molecule is O=C(Nc1ccc(Cl)c([N+](=O)[O-])c1)[C@H](c1ccccc1)N1C[C@@H](N2CCCC2)[C@@H](O)C1. The molecule has 164 valence electrons. The number of nitro benzene ring substituents is 1. The van der Waals surface area contributed by atoms with Gasteiger partial charge in [0.05, 0.1) is 11.0 Å². The maximum atomic E-state index is 13.3. The first kappa shape index (κ1) is 21.7. The number of aliphatic hydroxyl groups excluding tert-OH is 1. The second kappa shape index (κ2) is 9.32. The van der Waals surface area contributed by atoms with E-state index in [0.29, 0.717) is 18.8 Å². The van der Waals surface area contributed by atoms with Crippen LogP contribution in [-0.4, -0.2) is 64.1 Å². The number of likely N-dealkylation sites (tertiary alicyclic amines) is 2. The second-order valence-corrected chi connectivity index (χ2v) is 8.46. The van der Waals surface area contributed by atoms with Gasteiger partial charge in [-0.1, -0.05) is 41.9 Å². The van der Waals surface area contributed by atoms with Gasteiger partial charge in [0, 0.05) is 30.9 Å². The third-order valence-corrected chi connectivity index (χ3v) is 6.36. The minimum absolute atomic E-state index is 0.00173. The van der Waals surface area contributed by atoms with Gasteiger partial charge in [-0.05, 0) is 43.6 Å². The van der Waals surface area contributed by atoms with Crippen molar-refractivity contribution in [1.82, 2.24) is 9.80 Å². The van der Waals surface area contributed by atoms with Crippen LogP contribution in [0.3, 0.4) is 0 Å². The van der Waals surface area contributed by atoms with Crippen LogP contribution in [0, 0.1) is 10.1 Å². The quantitative estimate of drug-likeness (QED) is 0.524. The summed E-state index contributed by atoms with van der Waals surface area (Å²) in [7, 11) is 0. The molecule has 0 aliphatic carbocycles. The van der Waals surface area contributed by atoms with Crippen molar-refractivity contribution in [3.05, 3.63) is 69.2 Å². The number of nitrogens with one attached hydrogen (secondary N) is 1. The van der Waals surface area contributed by atoms with E-state index >= 15 is 0 Å². The van der Waals surface area contributed by atoms with Gasteiger partial charge in [-0.2, -0.15) is 0 Å². The number of rotatable bonds is 6. The molecule has 2 saturated heterocycles. The Kier molecular flexibility index (Phi) is 6.52. The summed E-state index contributed by atoms with van der Waals surface area (Å²) >= 11 is 5.89. The molecule has 8 nitrogen and oxygen atoms in total. The highest BCUT2D eigenvalue weighted by Crippen LogP contribution is 2.32. The lowest BCUT2D eigenvalue weighted by molar-refractivity contribution is -0.384. The van der Waals surface area contributed by atoms with Gasteiger partial charge < -0.3 is 10.4 Å². The molecule has 2 aliphatic rings. The standard InChI is InChI=1S/C22H25ClN4O4/c23-17-9-8-16(12-18(17)27(30)31)24-22(29)21(15-6-2-1-3-7-15)26-13-19(20(28)14-26)25-10-4-5-11-25/h1-3,6-9,12,19-21,28H,4-5,10-11,13-14H2,(H,24,29)/t19-,20+,21+/m1/s1. The maximum Gasteiger partial charge on any atom is 0.289 e. The Hall–Kier alpha value is -2.52. The Labute approximate surface area is 185 Å². The monoisotopic (exact) mass is 444 g/mol. The average molecular weight is 445 g/mol. The van der Waals surface area contributed by atoms with Crippen molar-refractivity contribution in [1.29, 1.82) is 0 Å². The van der Waals surface area contributed by atoms with Gasteiger partial charge in [0.1, 0.15) is 11.1 Å². The van der Waals surface area contributed by atoms with Gasteiger partial charge in [0.2, 0.25) is 5.91 Å². The van der Waals surface area contributed by atoms with Crippen LogP contribution in [0.4, 0.5) is 11.4 Å². The highest BCUT2D eigenvalue weighted by Gasteiger charge is 2.41. The highest BCUT2D eigenvalue weighted by molar-refractivity contribution is 6.32. The van der Waals surface area contributed by atoms with Crippen LogP contribution >= 0.6 is 11.6 Å². The predicted octanol–water partition coefficient (Wildman–Crippen LogP) is 3.07. The lowest BCUT2D eigenvalue weighted by atomic mass is 10.0. The van der Waals surface area contributed by atoms with E-state index in [4.69, 9.17) is 11.6 Å². The topological polar surface area (TPSA) is 98.9 Å². The van der Waals surface area contributed by atoms with E-state index in [-0.39, 0.29) is 22.7 Å². The molecule has 1 amide bonds. The molecule has 0 aromatic heterocycles. The van der Waals surface area contributed by atoms with Gasteiger partial charge in [-0.25, -0.2) is 0 Å². The normalized spacial score (nSPS) is 23.0. The van der Waals surface area contributed by atoms with Crippen molar-refractivity contribution in [2.75, 3.05) is 31.5 Å². The van der Waals surface area contributed by atoms with Gasteiger partial charge in [0.25, 0.3) is 5.69 Å². The zero-order valence-corrected chi connectivity index (χ0v) is 17.7. The molecule has 2 fully saturated rings. The average Bonchev–Trinajstić information content (AvgIpc) is 3.40. The predicted molar refractivity (Wildman–Crippen MR) is 118 cm³/mol. The number of β-amino-alcohol motifs (C(OH)–C–C–N with tert-alkyl or cyclic N) is 1. The smallest absolute Gasteiger partial charge is 0.289 e. The van der Waals surface area contributed by atoms with Crippen molar-refractivity contribution in [3.63, 3.8) is 0 Å². The molecule has 2 aromatic rings. The fraction of sp³-hybridized carbons (Fsp3) is 0.409. The van der Waals surface area contributed by atoms with E-state index < -0.39 is 17.1 Å². The molecule has 0 unspecified atom stereocenters. The van der Waals surface area contributed by atoms with Crippen molar-refractivity contribution in [3.8, 4) is 0 Å². The van der Waals surface area contributed by atoms with Gasteiger partial charge in [-0.15, -0.1) is 0 Å². The van der Waals surface area contributed by atoms with E-state index in [0.717, 1.165) is 31.5 Å². The van der Waals surface area contributed by atoms with Crippen molar-refractivity contribution in [2.24, 2.45) is 0 Å². The summed E-state index contributed by atoms with van der Waals surface area (Å²) in [4.78, 5) is 28.2. The van der Waals surface area contributed by atoms with Crippen molar-refractivity contribution < 1.29 is 14.8 Å². The molecule has 2 N–H and O–H groups in total. The number of benzene rings is 2. The summed E-state index contributed by atoms with van der Waals surface area (Å²) in [5.74, 6) is -0.308. The zero-order chi connectivity index (χ0) is 22.0. The fourth-order valence-electron chi connectivity index (χ4n) is 4.55. The van der Waals surface area contributed by atoms with E-state index in [1.165, 1.54) is 12.1 Å². The molecule has 0 bridgehead atoms. The molecule has 3 atom stereocenters. The third-order valence-electron chi connectivity index (χ3n) is 6.04. The largest absolute Gasteiger partial charge is 0.390 e. The number of hydrogen-bond donors (Lipinski definition) is 2. The van der Waals surface area contributed by atoms with E-state index in [9.17, 15) is 20.0 Å². The Morgan fingerprint density at radius 1 is 1.16 bits per heavy atom. The molecule has 31 heavy (non-hydrogen) atoms. The molecule has 2 aromatic carbocycles. The lowest BCUT2D eigenvalue weighted by Crippen LogP contribution is -2.42. The van der Waals surface area contributed by atoms with Gasteiger partial charge in [0.15, 0.2) is 0 Å². The number of aliphatic hydroxyl groups is 1. The second-order valence-electron chi connectivity index (χ2n) is 8.06. The Morgan fingerprint density at radius 3 is 2.55 bits per heavy atom. The Bertz CT molecular complexity index is 952. The third kappa shape index (κ3) is 4.72. The molecule has 2 heterocycles. The summed E-state index contributed by atoms with van der Waals surface area (Å²) in [5.41, 5.74) is 0.844. The number of carbonyl (C=O) groups is 1. The summed E-state index contributed by atoms with van der Waals surface area (Å²) in [6.07, 6.45) is 1.72. The molecule has 9 heteroatoms. The molecule has 4 rings (SSSR count). The van der Waals surface area contributed by atoms with E-state index in [1.54, 1.807) is 6.07 Å². The van der Waals surface area contributed by atoms with Crippen LogP contribution in [0.25, 0.3) is 0 Å². The molecular weight excluding hydrogens is 420 g/mol. The van der Waals surface area contributed by atoms with Crippen LogP contribution < -0.4 is 5.32 Å². The molecular formula is C22H25ClN4O4. The maximum absolute atomic E-state index is 13.3. The van der Waals surface area contributed by atoms with Crippen LogP contribution in [0.5, 0.6) is 0 Å². The van der Waals surface area contributed by atoms with E-state index in [1.807, 2.05) is 35.2 Å². The van der Waals surface area contributed by atoms with Crippen LogP contribution in [0.2, 0.25) is 5.02 Å². The van der Waals surface area contributed by atoms with Crippen LogP contribution in [-0.2, 0) is 4.79 Å². The highest BCUT2D eigenvalue weighted by atomic mass is 35.5. The number of anilines is 1. The summed E-state index contributed by atoms with van der Waals surface area (Å²) in [5, 5.41) is 24.7. The number of nitrogens with zero attached hydrogens (tertiary/aromatic N) is 3. The fourth-order valence-corrected chi connectivity index (χ4v) is 4.73. The number of carbonyl (C=O) groups excluding carboxylic acids is 1. The number of nitro groups is 1. The first-order valence-corrected chi connectivity index (χ1v) is 10.8. The molecule has 0 spiro atoms. The van der Waals surface area contributed by atoms with Crippen LogP contribution in [0.1, 0.15) is 24.4 Å². The van der Waals surface area contributed by atoms with Gasteiger partial charge >= 0.3 is 0 Å².